The first kappa shape index (κ1) is 27.0. The molecule has 1 saturated heterocycles. The van der Waals surface area contributed by atoms with E-state index in [0.717, 1.165) is 37.3 Å². The van der Waals surface area contributed by atoms with Gasteiger partial charge in [-0.05, 0) is 35.4 Å². The van der Waals surface area contributed by atoms with Gasteiger partial charge in [-0.1, -0.05) is 12.1 Å². The first-order valence-electron chi connectivity index (χ1n) is 9.07. The van der Waals surface area contributed by atoms with E-state index in [1.54, 1.807) is 24.3 Å². The molecule has 1 atom stereocenters. The molecular formula is C20H25Cl2F3N2O4. The summed E-state index contributed by atoms with van der Waals surface area (Å²) in [4.78, 5) is 2.21. The Bertz CT molecular complexity index is 807. The van der Waals surface area contributed by atoms with Gasteiger partial charge in [0.2, 0.25) is 5.75 Å². The topological polar surface area (TPSA) is 63.2 Å². The van der Waals surface area contributed by atoms with Crippen molar-refractivity contribution >= 4 is 24.8 Å². The van der Waals surface area contributed by atoms with Gasteiger partial charge in [-0.3, -0.25) is 4.90 Å². The third-order valence-electron chi connectivity index (χ3n) is 4.76. The van der Waals surface area contributed by atoms with Gasteiger partial charge in [-0.15, -0.1) is 38.0 Å². The number of benzene rings is 2. The summed E-state index contributed by atoms with van der Waals surface area (Å²) in [6.45, 7) is 3.07. The molecule has 2 aromatic rings. The largest absolute Gasteiger partial charge is 0.573 e. The van der Waals surface area contributed by atoms with Crippen LogP contribution in [0.3, 0.4) is 0 Å². The Morgan fingerprint density at radius 3 is 1.90 bits per heavy atom. The third kappa shape index (κ3) is 6.70. The second kappa shape index (κ2) is 11.5. The number of halogens is 5. The number of phenolic OH excluding ortho intramolecular Hbond substituents is 1. The summed E-state index contributed by atoms with van der Waals surface area (Å²) in [5.74, 6) is 0.140. The normalized spacial score (nSPS) is 15.3. The second-order valence-corrected chi connectivity index (χ2v) is 6.58. The van der Waals surface area contributed by atoms with Crippen LogP contribution in [0, 0.1) is 0 Å². The lowest BCUT2D eigenvalue weighted by Crippen LogP contribution is -2.45. The molecule has 0 bridgehead atoms. The molecule has 1 fully saturated rings. The Morgan fingerprint density at radius 2 is 1.45 bits per heavy atom. The zero-order valence-corrected chi connectivity index (χ0v) is 18.6. The second-order valence-electron chi connectivity index (χ2n) is 6.58. The van der Waals surface area contributed by atoms with Crippen molar-refractivity contribution in [2.75, 3.05) is 40.4 Å². The van der Waals surface area contributed by atoms with Gasteiger partial charge in [0.1, 0.15) is 5.75 Å². The van der Waals surface area contributed by atoms with Gasteiger partial charge < -0.3 is 24.6 Å². The number of hydrogen-bond acceptors (Lipinski definition) is 6. The molecule has 0 aliphatic carbocycles. The maximum atomic E-state index is 12.5. The van der Waals surface area contributed by atoms with Crippen LogP contribution in [0.2, 0.25) is 0 Å². The smallest absolute Gasteiger partial charge is 0.502 e. The van der Waals surface area contributed by atoms with Crippen LogP contribution in [0.25, 0.3) is 0 Å². The van der Waals surface area contributed by atoms with Crippen LogP contribution in [-0.2, 0) is 0 Å². The average molecular weight is 485 g/mol. The molecule has 2 N–H and O–H groups in total. The van der Waals surface area contributed by atoms with Crippen LogP contribution in [0.1, 0.15) is 17.2 Å². The van der Waals surface area contributed by atoms with E-state index in [9.17, 15) is 18.3 Å². The van der Waals surface area contributed by atoms with Crippen molar-refractivity contribution in [3.05, 3.63) is 47.5 Å². The van der Waals surface area contributed by atoms with E-state index in [-0.39, 0.29) is 53.9 Å². The molecule has 0 saturated carbocycles. The van der Waals surface area contributed by atoms with E-state index < -0.39 is 6.36 Å². The lowest BCUT2D eigenvalue weighted by atomic mass is 9.95. The van der Waals surface area contributed by atoms with Gasteiger partial charge >= 0.3 is 6.36 Å². The predicted octanol–water partition coefficient (Wildman–Crippen LogP) is 4.15. The first-order chi connectivity index (χ1) is 13.8. The van der Waals surface area contributed by atoms with Crippen molar-refractivity contribution in [1.29, 1.82) is 0 Å². The van der Waals surface area contributed by atoms with Crippen LogP contribution >= 0.6 is 24.8 Å². The van der Waals surface area contributed by atoms with Crippen LogP contribution in [-0.4, -0.2) is 56.8 Å². The number of methoxy groups -OCH3 is 2. The Hall–Kier alpha value is -2.07. The van der Waals surface area contributed by atoms with Crippen molar-refractivity contribution in [1.82, 2.24) is 10.2 Å². The number of hydrogen-bond donors (Lipinski definition) is 2. The molecule has 6 nitrogen and oxygen atoms in total. The molecule has 1 heterocycles. The summed E-state index contributed by atoms with van der Waals surface area (Å²) in [6, 6.07) is 8.98. The standard InChI is InChI=1S/C20H23F3N2O4.2ClH/c1-27-16-11-14(12-17(28-2)19(16)26)18(25-9-7-24-8-10-25)13-3-5-15(6-4-13)29-20(21,22)23;;/h3-6,11-12,18,24,26H,7-10H2,1-2H3;2*1H/t18-;;/m0../s1. The Morgan fingerprint density at radius 1 is 0.935 bits per heavy atom. The van der Waals surface area contributed by atoms with Crippen molar-refractivity contribution in [3.63, 3.8) is 0 Å². The molecule has 1 aliphatic rings. The minimum atomic E-state index is -4.74. The summed E-state index contributed by atoms with van der Waals surface area (Å²) in [5.41, 5.74) is 1.58. The Kier molecular flexibility index (Phi) is 10.0. The first-order valence-corrected chi connectivity index (χ1v) is 9.07. The average Bonchev–Trinajstić information content (AvgIpc) is 2.70. The molecule has 2 aromatic carbocycles. The van der Waals surface area contributed by atoms with Gasteiger partial charge in [0.15, 0.2) is 11.5 Å². The zero-order chi connectivity index (χ0) is 21.0. The highest BCUT2D eigenvalue weighted by molar-refractivity contribution is 5.85. The molecule has 0 unspecified atom stereocenters. The number of aromatic hydroxyl groups is 1. The number of alkyl halides is 3. The molecule has 0 spiro atoms. The maximum Gasteiger partial charge on any atom is 0.573 e. The van der Waals surface area contributed by atoms with E-state index in [2.05, 4.69) is 15.0 Å². The lowest BCUT2D eigenvalue weighted by molar-refractivity contribution is -0.274. The number of nitrogens with zero attached hydrogens (tertiary/aromatic N) is 1. The number of rotatable bonds is 6. The fourth-order valence-electron chi connectivity index (χ4n) is 3.48. The highest BCUT2D eigenvalue weighted by atomic mass is 35.5. The summed E-state index contributed by atoms with van der Waals surface area (Å²) < 4.78 is 51.9. The Balaban J connectivity index is 0.00000240. The fourth-order valence-corrected chi connectivity index (χ4v) is 3.48. The summed E-state index contributed by atoms with van der Waals surface area (Å²) in [7, 11) is 2.89. The van der Waals surface area contributed by atoms with Crippen molar-refractivity contribution in [3.8, 4) is 23.0 Å². The van der Waals surface area contributed by atoms with E-state index in [4.69, 9.17) is 9.47 Å². The van der Waals surface area contributed by atoms with E-state index in [1.807, 2.05) is 0 Å². The van der Waals surface area contributed by atoms with Crippen LogP contribution < -0.4 is 19.5 Å². The van der Waals surface area contributed by atoms with Crippen LogP contribution in [0.15, 0.2) is 36.4 Å². The zero-order valence-electron chi connectivity index (χ0n) is 16.9. The fraction of sp³-hybridized carbons (Fsp3) is 0.400. The number of nitrogens with one attached hydrogen (secondary N) is 1. The highest BCUT2D eigenvalue weighted by Crippen LogP contribution is 2.41. The Labute approximate surface area is 191 Å². The van der Waals surface area contributed by atoms with Gasteiger partial charge in [0.05, 0.1) is 20.3 Å². The molecule has 11 heteroatoms. The molecule has 3 rings (SSSR count). The lowest BCUT2D eigenvalue weighted by Gasteiger charge is -2.36. The molecular weight excluding hydrogens is 460 g/mol. The van der Waals surface area contributed by atoms with E-state index >= 15 is 0 Å². The summed E-state index contributed by atoms with van der Waals surface area (Å²) in [5, 5.41) is 13.5. The third-order valence-corrected chi connectivity index (χ3v) is 4.76. The van der Waals surface area contributed by atoms with E-state index in [0.29, 0.717) is 0 Å². The molecule has 174 valence electrons. The minimum Gasteiger partial charge on any atom is -0.502 e. The predicted molar refractivity (Wildman–Crippen MR) is 115 cm³/mol. The number of piperazine rings is 1. The van der Waals surface area contributed by atoms with Gasteiger partial charge in [-0.25, -0.2) is 0 Å². The van der Waals surface area contributed by atoms with Crippen molar-refractivity contribution < 1.29 is 32.5 Å². The SMILES string of the molecule is COc1cc([C@H](c2ccc(OC(F)(F)F)cc2)N2CCNCC2)cc(OC)c1O.Cl.Cl. The summed E-state index contributed by atoms with van der Waals surface area (Å²) in [6.07, 6.45) is -4.74. The number of phenols is 1. The molecule has 31 heavy (non-hydrogen) atoms. The molecule has 0 radical (unpaired) electrons. The monoisotopic (exact) mass is 484 g/mol. The van der Waals surface area contributed by atoms with Crippen LogP contribution in [0.4, 0.5) is 13.2 Å². The molecule has 0 amide bonds. The van der Waals surface area contributed by atoms with E-state index in [1.165, 1.54) is 26.4 Å². The van der Waals surface area contributed by atoms with Gasteiger partial charge in [0.25, 0.3) is 0 Å². The van der Waals surface area contributed by atoms with Crippen molar-refractivity contribution in [2.24, 2.45) is 0 Å². The van der Waals surface area contributed by atoms with Crippen LogP contribution in [0.5, 0.6) is 23.0 Å². The maximum absolute atomic E-state index is 12.5. The minimum absolute atomic E-state index is 0. The highest BCUT2D eigenvalue weighted by Gasteiger charge is 2.31. The quantitative estimate of drug-likeness (QED) is 0.642. The van der Waals surface area contributed by atoms with Crippen molar-refractivity contribution in [2.45, 2.75) is 12.4 Å². The number of ether oxygens (including phenoxy) is 3. The summed E-state index contributed by atoms with van der Waals surface area (Å²) >= 11 is 0. The molecule has 0 aromatic heterocycles. The van der Waals surface area contributed by atoms with Gasteiger partial charge in [0, 0.05) is 26.2 Å². The molecule has 1 aliphatic heterocycles. The van der Waals surface area contributed by atoms with Gasteiger partial charge in [-0.2, -0.15) is 0 Å².